The monoisotopic (exact) mass is 423 g/mol. The molecule has 1 aromatic heterocycles. The van der Waals surface area contributed by atoms with Gasteiger partial charge in [0.15, 0.2) is 6.54 Å². The summed E-state index contributed by atoms with van der Waals surface area (Å²) in [5.74, 6) is -0.510. The topological polar surface area (TPSA) is 64.3 Å². The summed E-state index contributed by atoms with van der Waals surface area (Å²) in [6.07, 6.45) is 0. The summed E-state index contributed by atoms with van der Waals surface area (Å²) in [7, 11) is 2.17. The molecule has 2 aromatic rings. The highest BCUT2D eigenvalue weighted by Crippen LogP contribution is 2.36. The first-order chi connectivity index (χ1) is 13.5. The molecule has 8 heteroatoms. The predicted molar refractivity (Wildman–Crippen MR) is 112 cm³/mol. The molecule has 28 heavy (non-hydrogen) atoms. The largest absolute Gasteiger partial charge is 0.462 e. The molecule has 0 radical (unpaired) electrons. The lowest BCUT2D eigenvalue weighted by molar-refractivity contribution is -0.999. The maximum atomic E-state index is 12.6. The average Bonchev–Trinajstić information content (AvgIpc) is 3.08. The van der Waals surface area contributed by atoms with Gasteiger partial charge in [0.2, 0.25) is 0 Å². The zero-order valence-electron chi connectivity index (χ0n) is 16.1. The van der Waals surface area contributed by atoms with Gasteiger partial charge in [-0.25, -0.2) is 4.79 Å². The number of nitrogens with one attached hydrogen (secondary N) is 3. The Labute approximate surface area is 174 Å². The number of halogens is 1. The molecule has 1 aromatic carbocycles. The van der Waals surface area contributed by atoms with E-state index in [0.717, 1.165) is 37.3 Å². The Balaban J connectivity index is 1.79. The van der Waals surface area contributed by atoms with E-state index in [4.69, 9.17) is 16.3 Å². The highest BCUT2D eigenvalue weighted by Gasteiger charge is 2.26. The minimum absolute atomic E-state index is 0.0791. The average molecular weight is 424 g/mol. The zero-order valence-corrected chi connectivity index (χ0v) is 17.7. The number of rotatable bonds is 6. The van der Waals surface area contributed by atoms with Gasteiger partial charge in [0, 0.05) is 16.0 Å². The standard InChI is InChI=1S/C20H24ClN3O3S/c1-3-27-20(26)18-16(14-4-6-15(21)7-5-14)13-28-19(18)22-17(25)12-24-10-8-23(2)9-11-24/h4-7,13H,3,8-12H2,1-2H3,(H,22,25)/p+2. The molecule has 1 saturated heterocycles. The van der Waals surface area contributed by atoms with Crippen molar-refractivity contribution >= 4 is 39.8 Å². The lowest BCUT2D eigenvalue weighted by Gasteiger charge is -2.26. The van der Waals surface area contributed by atoms with Crippen molar-refractivity contribution in [2.45, 2.75) is 6.92 Å². The first-order valence-corrected chi connectivity index (χ1v) is 10.7. The van der Waals surface area contributed by atoms with Crippen LogP contribution in [0.15, 0.2) is 29.6 Å². The normalized spacial score (nSPS) is 19.2. The molecule has 0 unspecified atom stereocenters. The predicted octanol–water partition coefficient (Wildman–Crippen LogP) is 0.597. The fraction of sp³-hybridized carbons (Fsp3) is 0.400. The van der Waals surface area contributed by atoms with Gasteiger partial charge in [-0.3, -0.25) is 4.79 Å². The smallest absolute Gasteiger partial charge is 0.341 e. The van der Waals surface area contributed by atoms with E-state index in [9.17, 15) is 9.59 Å². The molecule has 0 aliphatic carbocycles. The van der Waals surface area contributed by atoms with Gasteiger partial charge >= 0.3 is 5.97 Å². The summed E-state index contributed by atoms with van der Waals surface area (Å²) < 4.78 is 5.24. The van der Waals surface area contributed by atoms with Crippen LogP contribution in [0.3, 0.4) is 0 Å². The van der Waals surface area contributed by atoms with E-state index in [0.29, 0.717) is 22.1 Å². The summed E-state index contributed by atoms with van der Waals surface area (Å²) >= 11 is 7.32. The number of benzene rings is 1. The number of carbonyl (C=O) groups is 2. The van der Waals surface area contributed by atoms with Gasteiger partial charge in [-0.15, -0.1) is 11.3 Å². The quantitative estimate of drug-likeness (QED) is 0.596. The number of hydrogen-bond donors (Lipinski definition) is 3. The van der Waals surface area contributed by atoms with E-state index < -0.39 is 5.97 Å². The molecule has 1 fully saturated rings. The van der Waals surface area contributed by atoms with E-state index in [1.165, 1.54) is 21.1 Å². The molecule has 3 rings (SSSR count). The third kappa shape index (κ3) is 5.11. The van der Waals surface area contributed by atoms with Crippen LogP contribution in [0.2, 0.25) is 5.02 Å². The van der Waals surface area contributed by atoms with Crippen molar-refractivity contribution in [2.24, 2.45) is 0 Å². The van der Waals surface area contributed by atoms with Crippen molar-refractivity contribution < 1.29 is 24.1 Å². The van der Waals surface area contributed by atoms with Gasteiger partial charge in [-0.1, -0.05) is 23.7 Å². The summed E-state index contributed by atoms with van der Waals surface area (Å²) in [4.78, 5) is 28.0. The van der Waals surface area contributed by atoms with Crippen molar-refractivity contribution in [3.8, 4) is 11.1 Å². The third-order valence-electron chi connectivity index (χ3n) is 4.90. The molecule has 0 spiro atoms. The van der Waals surface area contributed by atoms with E-state index in [-0.39, 0.29) is 12.5 Å². The molecular weight excluding hydrogens is 398 g/mol. The Kier molecular flexibility index (Phi) is 7.07. The highest BCUT2D eigenvalue weighted by atomic mass is 35.5. The maximum absolute atomic E-state index is 12.6. The van der Waals surface area contributed by atoms with Crippen LogP contribution in [0.1, 0.15) is 17.3 Å². The molecule has 0 bridgehead atoms. The molecule has 1 aliphatic heterocycles. The molecule has 3 N–H and O–H groups in total. The number of piperazine rings is 1. The minimum atomic E-state index is -0.431. The van der Waals surface area contributed by atoms with Crippen LogP contribution < -0.4 is 15.1 Å². The number of carbonyl (C=O) groups excluding carboxylic acids is 2. The SMILES string of the molecule is CCOC(=O)c1c(-c2ccc(Cl)cc2)csc1NC(=O)C[NH+]1CC[NH+](C)CC1. The van der Waals surface area contributed by atoms with Gasteiger partial charge in [0.05, 0.1) is 13.7 Å². The van der Waals surface area contributed by atoms with Crippen molar-refractivity contribution in [1.82, 2.24) is 0 Å². The second-order valence-corrected chi connectivity index (χ2v) is 8.33. The van der Waals surface area contributed by atoms with Crippen LogP contribution in [0.25, 0.3) is 11.1 Å². The zero-order chi connectivity index (χ0) is 20.1. The summed E-state index contributed by atoms with van der Waals surface area (Å²) in [5, 5.41) is 5.97. The second-order valence-electron chi connectivity index (χ2n) is 7.01. The van der Waals surface area contributed by atoms with Crippen LogP contribution >= 0.6 is 22.9 Å². The van der Waals surface area contributed by atoms with E-state index in [1.807, 2.05) is 17.5 Å². The van der Waals surface area contributed by atoms with E-state index in [1.54, 1.807) is 19.1 Å². The van der Waals surface area contributed by atoms with Gasteiger partial charge in [-0.2, -0.15) is 0 Å². The van der Waals surface area contributed by atoms with Gasteiger partial charge in [-0.05, 0) is 24.6 Å². The molecule has 150 valence electrons. The van der Waals surface area contributed by atoms with Crippen molar-refractivity contribution in [3.05, 3.63) is 40.2 Å². The second kappa shape index (κ2) is 9.52. The molecule has 1 aliphatic rings. The molecular formula is C20H26ClN3O3S+2. The lowest BCUT2D eigenvalue weighted by Crippen LogP contribution is -3.27. The number of esters is 1. The third-order valence-corrected chi connectivity index (χ3v) is 6.05. The Morgan fingerprint density at radius 1 is 1.18 bits per heavy atom. The van der Waals surface area contributed by atoms with Crippen molar-refractivity contribution in [3.63, 3.8) is 0 Å². The molecule has 1 amide bonds. The lowest BCUT2D eigenvalue weighted by atomic mass is 10.0. The first-order valence-electron chi connectivity index (χ1n) is 9.47. The van der Waals surface area contributed by atoms with Crippen LogP contribution in [0, 0.1) is 0 Å². The van der Waals surface area contributed by atoms with Crippen LogP contribution in [-0.2, 0) is 9.53 Å². The van der Waals surface area contributed by atoms with Crippen LogP contribution in [-0.4, -0.2) is 58.3 Å². The molecule has 0 saturated carbocycles. The van der Waals surface area contributed by atoms with Crippen molar-refractivity contribution in [2.75, 3.05) is 51.7 Å². The Bertz CT molecular complexity index is 830. The summed E-state index contributed by atoms with van der Waals surface area (Å²) in [6.45, 7) is 6.53. The number of ether oxygens (including phenoxy) is 1. The minimum Gasteiger partial charge on any atom is -0.462 e. The Morgan fingerprint density at radius 2 is 1.86 bits per heavy atom. The molecule has 2 heterocycles. The Hall–Kier alpha value is -1.93. The highest BCUT2D eigenvalue weighted by molar-refractivity contribution is 7.15. The van der Waals surface area contributed by atoms with E-state index >= 15 is 0 Å². The molecule has 6 nitrogen and oxygen atoms in total. The summed E-state index contributed by atoms with van der Waals surface area (Å²) in [5.41, 5.74) is 2.00. The number of amides is 1. The number of hydrogen-bond acceptors (Lipinski definition) is 4. The number of likely N-dealkylation sites (N-methyl/N-ethyl adjacent to an activating group) is 1. The van der Waals surface area contributed by atoms with Crippen LogP contribution in [0.4, 0.5) is 5.00 Å². The van der Waals surface area contributed by atoms with Gasteiger partial charge < -0.3 is 19.9 Å². The fourth-order valence-electron chi connectivity index (χ4n) is 3.30. The van der Waals surface area contributed by atoms with Crippen molar-refractivity contribution in [1.29, 1.82) is 0 Å². The van der Waals surface area contributed by atoms with Gasteiger partial charge in [0.1, 0.15) is 36.7 Å². The number of quaternary nitrogens is 2. The Morgan fingerprint density at radius 3 is 2.50 bits per heavy atom. The maximum Gasteiger partial charge on any atom is 0.341 e. The first kappa shape index (κ1) is 20.8. The molecule has 0 atom stereocenters. The number of anilines is 1. The van der Waals surface area contributed by atoms with Gasteiger partial charge in [0.25, 0.3) is 5.91 Å². The number of thiophene rings is 1. The van der Waals surface area contributed by atoms with E-state index in [2.05, 4.69) is 12.4 Å². The fourth-order valence-corrected chi connectivity index (χ4v) is 4.40. The summed E-state index contributed by atoms with van der Waals surface area (Å²) in [6, 6.07) is 7.27. The van der Waals surface area contributed by atoms with Crippen LogP contribution in [0.5, 0.6) is 0 Å².